The number of nitrogens with one attached hydrogen (secondary N) is 1. The van der Waals surface area contributed by atoms with E-state index in [0.29, 0.717) is 6.42 Å². The van der Waals surface area contributed by atoms with Crippen LogP contribution in [-0.2, 0) is 23.1 Å². The molecule has 0 radical (unpaired) electrons. The first-order valence-electron chi connectivity index (χ1n) is 10.3. The summed E-state index contributed by atoms with van der Waals surface area (Å²) in [6, 6.07) is 7.93. The average Bonchev–Trinajstić information content (AvgIpc) is 3.30. The lowest BCUT2D eigenvalue weighted by Gasteiger charge is -2.40. The zero-order valence-electron chi connectivity index (χ0n) is 17.0. The number of rotatable bonds is 3. The van der Waals surface area contributed by atoms with Crippen molar-refractivity contribution in [3.63, 3.8) is 0 Å². The van der Waals surface area contributed by atoms with Gasteiger partial charge in [-0.1, -0.05) is 18.2 Å². The molecule has 0 saturated carbocycles. The van der Waals surface area contributed by atoms with Crippen molar-refractivity contribution in [2.45, 2.75) is 37.5 Å². The van der Waals surface area contributed by atoms with E-state index in [1.54, 1.807) is 0 Å². The van der Waals surface area contributed by atoms with Crippen LogP contribution < -0.4 is 4.90 Å². The Labute approximate surface area is 170 Å². The first-order chi connectivity index (χ1) is 14.1. The summed E-state index contributed by atoms with van der Waals surface area (Å²) in [7, 11) is 3.93. The van der Waals surface area contributed by atoms with E-state index in [2.05, 4.69) is 15.2 Å². The standard InChI is InChI=1S/C22H26N6O/c1-27(2)21-23-13-15-8-10-22(20(15)24-21)9-5-11-28(14-22)19(29)12-18-16-6-3-4-7-17(16)25-26-18/h3-4,6-7,13H,5,8-12,14H2,1-2H3,(H,25,26). The molecule has 150 valence electrons. The molecule has 1 aliphatic carbocycles. The third-order valence-corrected chi connectivity index (χ3v) is 6.43. The van der Waals surface area contributed by atoms with Crippen LogP contribution in [0.4, 0.5) is 5.95 Å². The first-order valence-corrected chi connectivity index (χ1v) is 10.3. The van der Waals surface area contributed by atoms with Gasteiger partial charge in [0.25, 0.3) is 0 Å². The van der Waals surface area contributed by atoms with Gasteiger partial charge in [-0.05, 0) is 37.3 Å². The molecular weight excluding hydrogens is 364 g/mol. The van der Waals surface area contributed by atoms with Gasteiger partial charge in [0.1, 0.15) is 0 Å². The SMILES string of the molecule is CN(C)c1ncc2c(n1)C1(CCCN(C(=O)Cc3[nH]nc4ccccc34)C1)CC2. The number of nitrogens with zero attached hydrogens (tertiary/aromatic N) is 5. The van der Waals surface area contributed by atoms with Crippen LogP contribution in [0.3, 0.4) is 0 Å². The summed E-state index contributed by atoms with van der Waals surface area (Å²) in [5.74, 6) is 0.909. The van der Waals surface area contributed by atoms with Crippen LogP contribution in [-0.4, -0.2) is 58.2 Å². The maximum absolute atomic E-state index is 13.2. The van der Waals surface area contributed by atoms with Gasteiger partial charge < -0.3 is 9.80 Å². The van der Waals surface area contributed by atoms with E-state index in [-0.39, 0.29) is 11.3 Å². The second-order valence-corrected chi connectivity index (χ2v) is 8.53. The molecule has 1 fully saturated rings. The summed E-state index contributed by atoms with van der Waals surface area (Å²) in [6.07, 6.45) is 6.47. The predicted molar refractivity (Wildman–Crippen MR) is 112 cm³/mol. The van der Waals surface area contributed by atoms with Crippen LogP contribution >= 0.6 is 0 Å². The maximum Gasteiger partial charge on any atom is 0.228 e. The highest BCUT2D eigenvalue weighted by Gasteiger charge is 2.44. The Morgan fingerprint density at radius 3 is 3.00 bits per heavy atom. The van der Waals surface area contributed by atoms with Gasteiger partial charge in [-0.3, -0.25) is 9.89 Å². The summed E-state index contributed by atoms with van der Waals surface area (Å²) in [5.41, 5.74) is 4.16. The number of benzene rings is 1. The van der Waals surface area contributed by atoms with Crippen LogP contribution in [0.2, 0.25) is 0 Å². The summed E-state index contributed by atoms with van der Waals surface area (Å²) in [5, 5.41) is 8.41. The smallest absolute Gasteiger partial charge is 0.228 e. The minimum absolute atomic E-state index is 0.0347. The van der Waals surface area contributed by atoms with Gasteiger partial charge in [0, 0.05) is 44.2 Å². The van der Waals surface area contributed by atoms with Gasteiger partial charge in [-0.25, -0.2) is 9.97 Å². The van der Waals surface area contributed by atoms with Crippen molar-refractivity contribution in [3.8, 4) is 0 Å². The van der Waals surface area contributed by atoms with Gasteiger partial charge in [0.05, 0.1) is 23.3 Å². The third kappa shape index (κ3) is 3.05. The lowest BCUT2D eigenvalue weighted by molar-refractivity contribution is -0.132. The largest absolute Gasteiger partial charge is 0.347 e. The predicted octanol–water partition coefficient (Wildman–Crippen LogP) is 2.47. The number of likely N-dealkylation sites (tertiary alicyclic amines) is 1. The fourth-order valence-electron chi connectivity index (χ4n) is 4.90. The van der Waals surface area contributed by atoms with Crippen LogP contribution in [0, 0.1) is 0 Å². The van der Waals surface area contributed by atoms with Gasteiger partial charge in [-0.15, -0.1) is 0 Å². The molecule has 1 spiro atoms. The third-order valence-electron chi connectivity index (χ3n) is 6.43. The Balaban J connectivity index is 1.39. The molecule has 1 saturated heterocycles. The Hall–Kier alpha value is -2.96. The van der Waals surface area contributed by atoms with Crippen molar-refractivity contribution in [3.05, 3.63) is 47.4 Å². The minimum atomic E-state index is -0.0347. The molecule has 1 atom stereocenters. The number of amides is 1. The summed E-state index contributed by atoms with van der Waals surface area (Å²) >= 11 is 0. The zero-order valence-corrected chi connectivity index (χ0v) is 17.0. The molecule has 1 unspecified atom stereocenters. The molecule has 7 heteroatoms. The fourth-order valence-corrected chi connectivity index (χ4v) is 4.90. The van der Waals surface area contributed by atoms with E-state index in [0.717, 1.165) is 67.0 Å². The van der Waals surface area contributed by atoms with Crippen LogP contribution in [0.25, 0.3) is 10.9 Å². The molecule has 0 bridgehead atoms. The highest BCUT2D eigenvalue weighted by molar-refractivity contribution is 5.87. The van der Waals surface area contributed by atoms with Crippen LogP contribution in [0.5, 0.6) is 0 Å². The van der Waals surface area contributed by atoms with Crippen molar-refractivity contribution < 1.29 is 4.79 Å². The molecule has 7 nitrogen and oxygen atoms in total. The normalized spacial score (nSPS) is 21.0. The number of hydrogen-bond donors (Lipinski definition) is 1. The fraction of sp³-hybridized carbons (Fsp3) is 0.455. The van der Waals surface area contributed by atoms with E-state index in [1.807, 2.05) is 54.4 Å². The molecule has 1 N–H and O–H groups in total. The number of hydrogen-bond acceptors (Lipinski definition) is 5. The van der Waals surface area contributed by atoms with E-state index < -0.39 is 0 Å². The number of para-hydroxylation sites is 1. The number of fused-ring (bicyclic) bond motifs is 3. The lowest BCUT2D eigenvalue weighted by atomic mass is 9.77. The lowest BCUT2D eigenvalue weighted by Crippen LogP contribution is -2.48. The number of aryl methyl sites for hydroxylation is 1. The Morgan fingerprint density at radius 2 is 2.14 bits per heavy atom. The van der Waals surface area contributed by atoms with Crippen molar-refractivity contribution in [2.24, 2.45) is 0 Å². The van der Waals surface area contributed by atoms with E-state index >= 15 is 0 Å². The number of anilines is 1. The molecule has 29 heavy (non-hydrogen) atoms. The Kier molecular flexibility index (Phi) is 4.26. The van der Waals surface area contributed by atoms with Crippen molar-refractivity contribution in [2.75, 3.05) is 32.1 Å². The summed E-state index contributed by atoms with van der Waals surface area (Å²) < 4.78 is 0. The number of aromatic nitrogens is 4. The Morgan fingerprint density at radius 1 is 1.28 bits per heavy atom. The second kappa shape index (κ2) is 6.83. The molecule has 3 aromatic rings. The zero-order chi connectivity index (χ0) is 20.0. The molecular formula is C22H26N6O. The highest BCUT2D eigenvalue weighted by Crippen LogP contribution is 2.44. The molecule has 1 amide bonds. The minimum Gasteiger partial charge on any atom is -0.347 e. The van der Waals surface area contributed by atoms with E-state index in [9.17, 15) is 4.79 Å². The molecule has 3 heterocycles. The number of aromatic amines is 1. The second-order valence-electron chi connectivity index (χ2n) is 8.53. The van der Waals surface area contributed by atoms with E-state index in [4.69, 9.17) is 4.98 Å². The summed E-state index contributed by atoms with van der Waals surface area (Å²) in [4.78, 5) is 26.5. The van der Waals surface area contributed by atoms with Crippen LogP contribution in [0.15, 0.2) is 30.5 Å². The topological polar surface area (TPSA) is 78.0 Å². The van der Waals surface area contributed by atoms with Crippen molar-refractivity contribution in [1.82, 2.24) is 25.1 Å². The van der Waals surface area contributed by atoms with Gasteiger partial charge in [0.15, 0.2) is 0 Å². The molecule has 2 aliphatic rings. The quantitative estimate of drug-likeness (QED) is 0.743. The average molecular weight is 390 g/mol. The van der Waals surface area contributed by atoms with Gasteiger partial charge in [-0.2, -0.15) is 5.10 Å². The maximum atomic E-state index is 13.2. The van der Waals surface area contributed by atoms with Gasteiger partial charge in [0.2, 0.25) is 11.9 Å². The Bertz CT molecular complexity index is 1070. The van der Waals surface area contributed by atoms with Crippen LogP contribution in [0.1, 0.15) is 36.2 Å². The molecule has 1 aromatic carbocycles. The number of H-pyrrole nitrogens is 1. The van der Waals surface area contributed by atoms with Crippen molar-refractivity contribution in [1.29, 1.82) is 0 Å². The first kappa shape index (κ1) is 18.1. The number of carbonyl (C=O) groups excluding carboxylic acids is 1. The number of piperidine rings is 1. The molecule has 2 aromatic heterocycles. The highest BCUT2D eigenvalue weighted by atomic mass is 16.2. The van der Waals surface area contributed by atoms with Crippen molar-refractivity contribution >= 4 is 22.8 Å². The monoisotopic (exact) mass is 390 g/mol. The number of carbonyl (C=O) groups is 1. The molecule has 5 rings (SSSR count). The van der Waals surface area contributed by atoms with Gasteiger partial charge >= 0.3 is 0 Å². The summed E-state index contributed by atoms with van der Waals surface area (Å²) in [6.45, 7) is 1.56. The van der Waals surface area contributed by atoms with E-state index in [1.165, 1.54) is 5.56 Å². The molecule has 1 aliphatic heterocycles.